The molecule has 17 heavy (non-hydrogen) atoms. The number of aliphatic hydroxyl groups is 1. The van der Waals surface area contributed by atoms with Crippen LogP contribution in [0.3, 0.4) is 0 Å². The van der Waals surface area contributed by atoms with E-state index >= 15 is 0 Å². The summed E-state index contributed by atoms with van der Waals surface area (Å²) in [6.07, 6.45) is 0.902. The van der Waals surface area contributed by atoms with Gasteiger partial charge in [0.15, 0.2) is 0 Å². The normalized spacial score (nSPS) is 15.9. The van der Waals surface area contributed by atoms with Crippen LogP contribution in [0.2, 0.25) is 0 Å². The zero-order valence-electron chi connectivity index (χ0n) is 11.4. The molecule has 1 rings (SSSR count). The molecule has 0 aromatic carbocycles. The first-order chi connectivity index (χ1) is 7.70. The zero-order valence-corrected chi connectivity index (χ0v) is 11.4. The molecule has 0 radical (unpaired) electrons. The summed E-state index contributed by atoms with van der Waals surface area (Å²) in [4.78, 5) is 4.18. The summed E-state index contributed by atoms with van der Waals surface area (Å²) >= 11 is 0. The maximum absolute atomic E-state index is 10.0. The van der Waals surface area contributed by atoms with Crippen LogP contribution in [-0.2, 0) is 0 Å². The highest BCUT2D eigenvalue weighted by Gasteiger charge is 2.24. The smallest absolute Gasteiger partial charge is 0.225 e. The Bertz CT molecular complexity index is 346. The summed E-state index contributed by atoms with van der Waals surface area (Å²) < 4.78 is 5.39. The molecule has 98 valence electrons. The Morgan fingerprint density at radius 3 is 2.35 bits per heavy atom. The molecule has 1 heterocycles. The van der Waals surface area contributed by atoms with Crippen molar-refractivity contribution < 1.29 is 9.52 Å². The van der Waals surface area contributed by atoms with Crippen LogP contribution in [-0.4, -0.2) is 16.1 Å². The van der Waals surface area contributed by atoms with Crippen LogP contribution in [0.25, 0.3) is 0 Å². The lowest BCUT2D eigenvalue weighted by molar-refractivity contribution is 0.105. The van der Waals surface area contributed by atoms with E-state index in [4.69, 9.17) is 10.2 Å². The number of hydrogen-bond acceptors (Lipinski definition) is 4. The summed E-state index contributed by atoms with van der Waals surface area (Å²) in [5.74, 6) is 1.07. The molecule has 0 aliphatic rings. The number of aromatic nitrogens is 1. The molecule has 0 spiro atoms. The molecule has 0 bridgehead atoms. The van der Waals surface area contributed by atoms with Crippen molar-refractivity contribution in [3.05, 3.63) is 17.3 Å². The minimum absolute atomic E-state index is 0.222. The fourth-order valence-corrected chi connectivity index (χ4v) is 1.56. The van der Waals surface area contributed by atoms with Gasteiger partial charge in [-0.2, -0.15) is 0 Å². The van der Waals surface area contributed by atoms with Gasteiger partial charge in [0.05, 0.1) is 5.69 Å². The van der Waals surface area contributed by atoms with Crippen LogP contribution >= 0.6 is 0 Å². The average Bonchev–Trinajstić information content (AvgIpc) is 2.53. The number of nitrogens with two attached hydrogens (primary N) is 1. The van der Waals surface area contributed by atoms with Crippen molar-refractivity contribution in [1.29, 1.82) is 0 Å². The lowest BCUT2D eigenvalue weighted by Gasteiger charge is -2.22. The van der Waals surface area contributed by atoms with Gasteiger partial charge in [-0.05, 0) is 32.1 Å². The van der Waals surface area contributed by atoms with Crippen LogP contribution in [0, 0.1) is 19.3 Å². The monoisotopic (exact) mass is 240 g/mol. The van der Waals surface area contributed by atoms with Gasteiger partial charge in [-0.3, -0.25) is 0 Å². The molecule has 4 heteroatoms. The van der Waals surface area contributed by atoms with Crippen molar-refractivity contribution in [2.45, 2.75) is 59.6 Å². The highest BCUT2D eigenvalue weighted by atomic mass is 16.4. The first-order valence-electron chi connectivity index (χ1n) is 6.08. The van der Waals surface area contributed by atoms with Gasteiger partial charge in [0.2, 0.25) is 5.89 Å². The molecular weight excluding hydrogens is 216 g/mol. The van der Waals surface area contributed by atoms with Crippen molar-refractivity contribution in [2.24, 2.45) is 11.1 Å². The SMILES string of the molecule is Cc1nc(C(O)C(N)CCC(C)(C)C)oc1C. The average molecular weight is 240 g/mol. The first-order valence-corrected chi connectivity index (χ1v) is 6.08. The summed E-state index contributed by atoms with van der Waals surface area (Å²) in [6, 6.07) is -0.327. The molecular formula is C13H24N2O2. The van der Waals surface area contributed by atoms with Gasteiger partial charge in [0.1, 0.15) is 11.9 Å². The van der Waals surface area contributed by atoms with Gasteiger partial charge in [0, 0.05) is 6.04 Å². The fourth-order valence-electron chi connectivity index (χ4n) is 1.56. The Morgan fingerprint density at radius 2 is 1.94 bits per heavy atom. The van der Waals surface area contributed by atoms with E-state index in [1.807, 2.05) is 13.8 Å². The molecule has 0 fully saturated rings. The third kappa shape index (κ3) is 4.13. The number of nitrogens with zero attached hydrogens (tertiary/aromatic N) is 1. The summed E-state index contributed by atoms with van der Waals surface area (Å²) in [5.41, 5.74) is 7.00. The third-order valence-corrected chi connectivity index (χ3v) is 2.93. The summed E-state index contributed by atoms with van der Waals surface area (Å²) in [6.45, 7) is 10.2. The van der Waals surface area contributed by atoms with E-state index in [1.165, 1.54) is 0 Å². The number of oxazole rings is 1. The van der Waals surface area contributed by atoms with Crippen molar-refractivity contribution in [2.75, 3.05) is 0 Å². The van der Waals surface area contributed by atoms with Crippen molar-refractivity contribution in [1.82, 2.24) is 4.98 Å². The molecule has 3 N–H and O–H groups in total. The van der Waals surface area contributed by atoms with Gasteiger partial charge in [-0.1, -0.05) is 20.8 Å². The van der Waals surface area contributed by atoms with Crippen LogP contribution < -0.4 is 5.73 Å². The van der Waals surface area contributed by atoms with Gasteiger partial charge in [0.25, 0.3) is 0 Å². The van der Waals surface area contributed by atoms with E-state index in [0.717, 1.165) is 24.3 Å². The summed E-state index contributed by atoms with van der Waals surface area (Å²) in [5, 5.41) is 10.0. The highest BCUT2D eigenvalue weighted by Crippen LogP contribution is 2.26. The molecule has 1 aromatic heterocycles. The van der Waals surface area contributed by atoms with E-state index < -0.39 is 6.10 Å². The Kier molecular flexibility index (Phi) is 4.33. The Balaban J connectivity index is 2.60. The largest absolute Gasteiger partial charge is 0.443 e. The molecule has 0 aliphatic carbocycles. The van der Waals surface area contributed by atoms with Gasteiger partial charge in [-0.15, -0.1) is 0 Å². The van der Waals surface area contributed by atoms with E-state index in [2.05, 4.69) is 25.8 Å². The zero-order chi connectivity index (χ0) is 13.2. The van der Waals surface area contributed by atoms with Crippen LogP contribution in [0.1, 0.15) is 57.1 Å². The maximum atomic E-state index is 10.0. The molecule has 1 aromatic rings. The lowest BCUT2D eigenvalue weighted by Crippen LogP contribution is -2.29. The molecule has 4 nitrogen and oxygen atoms in total. The maximum Gasteiger partial charge on any atom is 0.225 e. The number of rotatable bonds is 4. The minimum atomic E-state index is -0.815. The van der Waals surface area contributed by atoms with Gasteiger partial charge in [-0.25, -0.2) is 4.98 Å². The second-order valence-corrected chi connectivity index (χ2v) is 5.90. The van der Waals surface area contributed by atoms with Gasteiger partial charge < -0.3 is 15.3 Å². The molecule has 0 saturated carbocycles. The standard InChI is InChI=1S/C13H24N2O2/c1-8-9(2)17-12(15-8)11(16)10(14)6-7-13(3,4)5/h10-11,16H,6-7,14H2,1-5H3. The lowest BCUT2D eigenvalue weighted by atomic mass is 9.88. The van der Waals surface area contributed by atoms with Crippen LogP contribution in [0.15, 0.2) is 4.42 Å². The summed E-state index contributed by atoms with van der Waals surface area (Å²) in [7, 11) is 0. The molecule has 0 amide bonds. The van der Waals surface area contributed by atoms with E-state index in [-0.39, 0.29) is 11.5 Å². The molecule has 2 unspecified atom stereocenters. The van der Waals surface area contributed by atoms with Gasteiger partial charge >= 0.3 is 0 Å². The van der Waals surface area contributed by atoms with Crippen LogP contribution in [0.4, 0.5) is 0 Å². The Morgan fingerprint density at radius 1 is 1.35 bits per heavy atom. The minimum Gasteiger partial charge on any atom is -0.443 e. The third-order valence-electron chi connectivity index (χ3n) is 2.93. The van der Waals surface area contributed by atoms with Crippen molar-refractivity contribution >= 4 is 0 Å². The van der Waals surface area contributed by atoms with E-state index in [0.29, 0.717) is 5.89 Å². The quantitative estimate of drug-likeness (QED) is 0.848. The van der Waals surface area contributed by atoms with Crippen LogP contribution in [0.5, 0.6) is 0 Å². The Labute approximate surface area is 103 Å². The number of hydrogen-bond donors (Lipinski definition) is 2. The van der Waals surface area contributed by atoms with Crippen molar-refractivity contribution in [3.8, 4) is 0 Å². The fraction of sp³-hybridized carbons (Fsp3) is 0.769. The highest BCUT2D eigenvalue weighted by molar-refractivity contribution is 5.07. The predicted octanol–water partition coefficient (Wildman–Crippen LogP) is 2.48. The first kappa shape index (κ1) is 14.2. The predicted molar refractivity (Wildman–Crippen MR) is 67.6 cm³/mol. The number of aliphatic hydroxyl groups excluding tert-OH is 1. The van der Waals surface area contributed by atoms with E-state index in [9.17, 15) is 5.11 Å². The topological polar surface area (TPSA) is 72.3 Å². The second kappa shape index (κ2) is 5.19. The molecule has 2 atom stereocenters. The van der Waals surface area contributed by atoms with E-state index in [1.54, 1.807) is 0 Å². The molecule has 0 aliphatic heterocycles. The molecule has 0 saturated heterocycles. The Hall–Kier alpha value is -0.870. The number of aryl methyl sites for hydroxylation is 2. The second-order valence-electron chi connectivity index (χ2n) is 5.90. The van der Waals surface area contributed by atoms with Crippen molar-refractivity contribution in [3.63, 3.8) is 0 Å².